The predicted molar refractivity (Wildman–Crippen MR) is 161 cm³/mol. The summed E-state index contributed by atoms with van der Waals surface area (Å²) in [5.41, 5.74) is 2.45. The number of carbonyl (C=O) groups is 5. The normalized spacial score (nSPS) is 13.1. The molecule has 0 aliphatic rings. The third-order valence-corrected chi connectivity index (χ3v) is 5.88. The molecule has 0 aromatic heterocycles. The molecule has 0 radical (unpaired) electrons. The molecule has 244 valence electrons. The molecule has 1 atom stereocenters. The number of rotatable bonds is 17. The Bertz CT molecular complexity index is 816. The van der Waals surface area contributed by atoms with Crippen molar-refractivity contribution in [3.8, 4) is 0 Å². The van der Waals surface area contributed by atoms with Gasteiger partial charge in [-0.25, -0.2) is 0 Å². The van der Waals surface area contributed by atoms with Crippen molar-refractivity contribution in [2.45, 2.75) is 162 Å². The molecule has 0 rings (SSSR count). The number of hydrogen-bond donors (Lipinski definition) is 3. The fourth-order valence-electron chi connectivity index (χ4n) is 4.08. The van der Waals surface area contributed by atoms with Gasteiger partial charge in [-0.15, -0.1) is 0 Å². The quantitative estimate of drug-likeness (QED) is 0.126. The van der Waals surface area contributed by atoms with Crippen LogP contribution in [0.5, 0.6) is 0 Å². The van der Waals surface area contributed by atoms with E-state index >= 15 is 0 Å². The molecule has 11 heteroatoms. The molecule has 11 nitrogen and oxygen atoms in total. The number of unbranched alkanes of at least 4 members (excludes halogenated alkanes) is 2. The van der Waals surface area contributed by atoms with E-state index in [9.17, 15) is 24.0 Å². The largest absolute Gasteiger partial charge is 0.460 e. The summed E-state index contributed by atoms with van der Waals surface area (Å²) < 4.78 is 16.4. The minimum absolute atomic E-state index is 0.0144. The van der Waals surface area contributed by atoms with Crippen molar-refractivity contribution >= 4 is 29.7 Å². The summed E-state index contributed by atoms with van der Waals surface area (Å²) >= 11 is 0. The van der Waals surface area contributed by atoms with Gasteiger partial charge in [-0.1, -0.05) is 6.42 Å². The molecule has 0 saturated carbocycles. The molecule has 0 spiro atoms. The Morgan fingerprint density at radius 1 is 0.619 bits per heavy atom. The SMILES string of the molecule is C[C@H](N)C(=O)NCCCCCC(=O)NC(CCC(=O)OC(C)(C)C)(CCC(=O)OC(C)(C)C)CCC(=O)OC(C)(C)C. The second-order valence-electron chi connectivity index (χ2n) is 14.0. The van der Waals surface area contributed by atoms with Gasteiger partial charge in [0.05, 0.1) is 6.04 Å². The fraction of sp³-hybridized carbons (Fsp3) is 0.839. The van der Waals surface area contributed by atoms with Gasteiger partial charge in [-0.3, -0.25) is 24.0 Å². The molecule has 0 aromatic rings. The van der Waals surface area contributed by atoms with Crippen molar-refractivity contribution in [1.29, 1.82) is 0 Å². The second kappa shape index (κ2) is 17.4. The average Bonchev–Trinajstić information content (AvgIpc) is 2.78. The van der Waals surface area contributed by atoms with Crippen LogP contribution in [0.2, 0.25) is 0 Å². The van der Waals surface area contributed by atoms with Gasteiger partial charge < -0.3 is 30.6 Å². The van der Waals surface area contributed by atoms with E-state index < -0.39 is 46.3 Å². The van der Waals surface area contributed by atoms with E-state index in [1.54, 1.807) is 69.2 Å². The predicted octanol–water partition coefficient (Wildman–Crippen LogP) is 4.23. The topological polar surface area (TPSA) is 163 Å². The molecule has 0 saturated heterocycles. The van der Waals surface area contributed by atoms with E-state index in [1.165, 1.54) is 0 Å². The van der Waals surface area contributed by atoms with Crippen molar-refractivity contribution < 1.29 is 38.2 Å². The summed E-state index contributed by atoms with van der Waals surface area (Å²) in [6.07, 6.45) is 2.63. The lowest BCUT2D eigenvalue weighted by Gasteiger charge is -2.36. The van der Waals surface area contributed by atoms with Gasteiger partial charge in [-0.05, 0) is 101 Å². The van der Waals surface area contributed by atoms with Gasteiger partial charge in [0.25, 0.3) is 0 Å². The summed E-state index contributed by atoms with van der Waals surface area (Å²) in [5.74, 6) is -1.80. The number of nitrogens with one attached hydrogen (secondary N) is 2. The summed E-state index contributed by atoms with van der Waals surface area (Å²) in [7, 11) is 0. The summed E-state index contributed by atoms with van der Waals surface area (Å²) in [5, 5.41) is 5.80. The van der Waals surface area contributed by atoms with Crippen LogP contribution in [0.15, 0.2) is 0 Å². The van der Waals surface area contributed by atoms with Crippen molar-refractivity contribution in [3.63, 3.8) is 0 Å². The number of esters is 3. The molecule has 42 heavy (non-hydrogen) atoms. The lowest BCUT2D eigenvalue weighted by Crippen LogP contribution is -2.50. The van der Waals surface area contributed by atoms with Crippen molar-refractivity contribution in [2.24, 2.45) is 5.73 Å². The maximum Gasteiger partial charge on any atom is 0.306 e. The van der Waals surface area contributed by atoms with Crippen LogP contribution < -0.4 is 16.4 Å². The summed E-state index contributed by atoms with van der Waals surface area (Å²) in [4.78, 5) is 62.7. The van der Waals surface area contributed by atoms with E-state index in [0.717, 1.165) is 0 Å². The number of hydrogen-bond acceptors (Lipinski definition) is 9. The zero-order valence-corrected chi connectivity index (χ0v) is 27.7. The zero-order chi connectivity index (χ0) is 32.8. The number of nitrogens with two attached hydrogens (primary N) is 1. The highest BCUT2D eigenvalue weighted by atomic mass is 16.6. The Labute approximate surface area is 252 Å². The highest BCUT2D eigenvalue weighted by Crippen LogP contribution is 2.29. The average molecular weight is 600 g/mol. The molecular weight excluding hydrogens is 542 g/mol. The molecule has 0 unspecified atom stereocenters. The first-order chi connectivity index (χ1) is 19.0. The molecule has 0 fully saturated rings. The minimum atomic E-state index is -1.05. The Hall–Kier alpha value is -2.69. The van der Waals surface area contributed by atoms with Crippen LogP contribution in [0.4, 0.5) is 0 Å². The van der Waals surface area contributed by atoms with Crippen LogP contribution >= 0.6 is 0 Å². The molecular formula is C31H57N3O8. The van der Waals surface area contributed by atoms with E-state index in [2.05, 4.69) is 10.6 Å². The Morgan fingerprint density at radius 2 is 1.00 bits per heavy atom. The highest BCUT2D eigenvalue weighted by molar-refractivity contribution is 5.81. The number of carbonyl (C=O) groups excluding carboxylic acids is 5. The summed E-state index contributed by atoms with van der Waals surface area (Å²) in [6, 6.07) is -0.578. The van der Waals surface area contributed by atoms with Gasteiger partial charge in [0.1, 0.15) is 16.8 Å². The van der Waals surface area contributed by atoms with Crippen LogP contribution in [-0.4, -0.2) is 64.7 Å². The monoisotopic (exact) mass is 599 g/mol. The van der Waals surface area contributed by atoms with Crippen LogP contribution in [-0.2, 0) is 38.2 Å². The van der Waals surface area contributed by atoms with E-state index in [4.69, 9.17) is 19.9 Å². The van der Waals surface area contributed by atoms with E-state index in [0.29, 0.717) is 25.8 Å². The lowest BCUT2D eigenvalue weighted by molar-refractivity contribution is -0.155. The number of amides is 2. The lowest BCUT2D eigenvalue weighted by atomic mass is 9.83. The molecule has 0 bridgehead atoms. The van der Waals surface area contributed by atoms with Gasteiger partial charge in [-0.2, -0.15) is 0 Å². The summed E-state index contributed by atoms with van der Waals surface area (Å²) in [6.45, 7) is 18.0. The van der Waals surface area contributed by atoms with Gasteiger partial charge in [0, 0.05) is 37.8 Å². The number of ether oxygens (including phenoxy) is 3. The van der Waals surface area contributed by atoms with Crippen molar-refractivity contribution in [2.75, 3.05) is 6.54 Å². The molecule has 0 aliphatic heterocycles. The van der Waals surface area contributed by atoms with E-state index in [-0.39, 0.29) is 56.8 Å². The van der Waals surface area contributed by atoms with Gasteiger partial charge >= 0.3 is 17.9 Å². The maximum absolute atomic E-state index is 13.2. The molecule has 0 aliphatic carbocycles. The molecule has 0 heterocycles. The van der Waals surface area contributed by atoms with Crippen molar-refractivity contribution in [1.82, 2.24) is 10.6 Å². The Morgan fingerprint density at radius 3 is 1.33 bits per heavy atom. The molecule has 4 N–H and O–H groups in total. The van der Waals surface area contributed by atoms with E-state index in [1.807, 2.05) is 0 Å². The molecule has 2 amide bonds. The second-order valence-corrected chi connectivity index (χ2v) is 14.0. The highest BCUT2D eigenvalue weighted by Gasteiger charge is 2.35. The van der Waals surface area contributed by atoms with Crippen LogP contribution in [0.1, 0.15) is 133 Å². The van der Waals surface area contributed by atoms with Gasteiger partial charge in [0.2, 0.25) is 11.8 Å². The fourth-order valence-corrected chi connectivity index (χ4v) is 4.08. The first kappa shape index (κ1) is 39.3. The maximum atomic E-state index is 13.2. The van der Waals surface area contributed by atoms with Crippen LogP contribution in [0.3, 0.4) is 0 Å². The zero-order valence-electron chi connectivity index (χ0n) is 27.7. The Balaban J connectivity index is 5.70. The Kier molecular flexibility index (Phi) is 16.3. The molecule has 0 aromatic carbocycles. The third-order valence-electron chi connectivity index (χ3n) is 5.88. The third kappa shape index (κ3) is 21.1. The van der Waals surface area contributed by atoms with Crippen LogP contribution in [0, 0.1) is 0 Å². The minimum Gasteiger partial charge on any atom is -0.460 e. The van der Waals surface area contributed by atoms with Crippen molar-refractivity contribution in [3.05, 3.63) is 0 Å². The first-order valence-electron chi connectivity index (χ1n) is 15.0. The first-order valence-corrected chi connectivity index (χ1v) is 15.0. The van der Waals surface area contributed by atoms with Gasteiger partial charge in [0.15, 0.2) is 0 Å². The standard InChI is InChI=1S/C31H57N3O8/c1-22(32)27(39)33-21-13-11-12-14-23(35)34-31(18-15-24(36)40-28(2,3)4,19-16-25(37)41-29(5,6)7)20-17-26(38)42-30(8,9)10/h22H,11-21,32H2,1-10H3,(H,33,39)(H,34,35)/t22-/m0/s1. The smallest absolute Gasteiger partial charge is 0.306 e. The van der Waals surface area contributed by atoms with Crippen LogP contribution in [0.25, 0.3) is 0 Å².